The van der Waals surface area contributed by atoms with E-state index in [9.17, 15) is 10.0 Å². The number of H-pyrrole nitrogens is 1. The molecule has 0 aliphatic rings. The number of thiophene rings is 1. The lowest BCUT2D eigenvalue weighted by atomic mass is 9.98. The van der Waals surface area contributed by atoms with E-state index in [0.717, 1.165) is 33.4 Å². The highest BCUT2D eigenvalue weighted by atomic mass is 32.2. The number of pyridine rings is 1. The molecule has 3 aromatic rings. The van der Waals surface area contributed by atoms with Gasteiger partial charge in [-0.05, 0) is 42.7 Å². The van der Waals surface area contributed by atoms with Gasteiger partial charge in [0.1, 0.15) is 10.7 Å². The molecule has 7 heteroatoms. The molecule has 0 aromatic carbocycles. The maximum absolute atomic E-state index is 12.6. The largest absolute Gasteiger partial charge is 0.618 e. The zero-order valence-corrected chi connectivity index (χ0v) is 16.2. The van der Waals surface area contributed by atoms with E-state index in [-0.39, 0.29) is 5.56 Å². The first-order chi connectivity index (χ1) is 12.0. The summed E-state index contributed by atoms with van der Waals surface area (Å²) >= 11 is 2.94. The van der Waals surface area contributed by atoms with Gasteiger partial charge in [-0.25, -0.2) is 4.98 Å². The normalized spacial score (nSPS) is 12.6. The second kappa shape index (κ2) is 7.58. The molecule has 3 rings (SSSR count). The van der Waals surface area contributed by atoms with Crippen LogP contribution in [0.25, 0.3) is 10.2 Å². The van der Waals surface area contributed by atoms with Crippen molar-refractivity contribution in [2.75, 3.05) is 0 Å². The molecule has 0 saturated heterocycles. The van der Waals surface area contributed by atoms with Crippen LogP contribution in [0.5, 0.6) is 0 Å². The summed E-state index contributed by atoms with van der Waals surface area (Å²) in [5, 5.41) is 13.0. The summed E-state index contributed by atoms with van der Waals surface area (Å²) in [6.07, 6.45) is 3.45. The Morgan fingerprint density at radius 1 is 1.44 bits per heavy atom. The summed E-state index contributed by atoms with van der Waals surface area (Å²) < 4.78 is 0.820. The SMILES string of the molecule is CC[C@H](C)Cc1c(C)sc2nc(CSc3cccc[n+]3[O-])[nH]c(=O)c12. The summed E-state index contributed by atoms with van der Waals surface area (Å²) in [4.78, 5) is 22.1. The smallest absolute Gasteiger partial charge is 0.259 e. The predicted molar refractivity (Wildman–Crippen MR) is 103 cm³/mol. The van der Waals surface area contributed by atoms with Gasteiger partial charge in [0.2, 0.25) is 0 Å². The van der Waals surface area contributed by atoms with Gasteiger partial charge >= 0.3 is 0 Å². The number of fused-ring (bicyclic) bond motifs is 1. The van der Waals surface area contributed by atoms with E-state index in [4.69, 9.17) is 0 Å². The van der Waals surface area contributed by atoms with Crippen molar-refractivity contribution in [1.29, 1.82) is 0 Å². The molecule has 3 heterocycles. The number of aryl methyl sites for hydroxylation is 1. The number of rotatable bonds is 6. The highest BCUT2D eigenvalue weighted by Crippen LogP contribution is 2.30. The molecule has 0 spiro atoms. The van der Waals surface area contributed by atoms with Gasteiger partial charge in [0.05, 0.1) is 11.1 Å². The topological polar surface area (TPSA) is 72.7 Å². The summed E-state index contributed by atoms with van der Waals surface area (Å²) in [6, 6.07) is 5.27. The van der Waals surface area contributed by atoms with E-state index in [1.807, 2.05) is 6.07 Å². The minimum Gasteiger partial charge on any atom is -0.618 e. The third-order valence-corrected chi connectivity index (χ3v) is 6.38. The minimum absolute atomic E-state index is 0.0775. The van der Waals surface area contributed by atoms with Crippen molar-refractivity contribution >= 4 is 33.3 Å². The van der Waals surface area contributed by atoms with E-state index in [2.05, 4.69) is 30.7 Å². The van der Waals surface area contributed by atoms with Gasteiger partial charge < -0.3 is 10.2 Å². The van der Waals surface area contributed by atoms with E-state index in [1.54, 1.807) is 23.5 Å². The lowest BCUT2D eigenvalue weighted by Crippen LogP contribution is -2.27. The van der Waals surface area contributed by atoms with Gasteiger partial charge in [-0.15, -0.1) is 11.3 Å². The maximum Gasteiger partial charge on any atom is 0.259 e. The third-order valence-electron chi connectivity index (χ3n) is 4.31. The van der Waals surface area contributed by atoms with E-state index >= 15 is 0 Å². The maximum atomic E-state index is 12.6. The molecule has 1 atom stereocenters. The van der Waals surface area contributed by atoms with Crippen LogP contribution in [0.4, 0.5) is 0 Å². The van der Waals surface area contributed by atoms with Crippen LogP contribution in [0.1, 0.15) is 36.5 Å². The van der Waals surface area contributed by atoms with Crippen LogP contribution in [0, 0.1) is 18.0 Å². The number of aromatic amines is 1. The Balaban J connectivity index is 1.90. The summed E-state index contributed by atoms with van der Waals surface area (Å²) in [6.45, 7) is 6.42. The summed E-state index contributed by atoms with van der Waals surface area (Å²) in [7, 11) is 0. The quantitative estimate of drug-likeness (QED) is 0.404. The first kappa shape index (κ1) is 17.9. The van der Waals surface area contributed by atoms with Crippen molar-refractivity contribution in [3.05, 3.63) is 56.2 Å². The van der Waals surface area contributed by atoms with Gasteiger partial charge in [0.25, 0.3) is 10.6 Å². The molecule has 0 radical (unpaired) electrons. The Kier molecular flexibility index (Phi) is 5.44. The molecule has 0 saturated carbocycles. The number of nitrogens with zero attached hydrogens (tertiary/aromatic N) is 2. The molecule has 5 nitrogen and oxygen atoms in total. The van der Waals surface area contributed by atoms with Gasteiger partial charge in [-0.1, -0.05) is 20.3 Å². The fraction of sp³-hybridized carbons (Fsp3) is 0.389. The molecular formula is C18H21N3O2S2. The molecule has 0 unspecified atom stereocenters. The molecule has 25 heavy (non-hydrogen) atoms. The zero-order valence-electron chi connectivity index (χ0n) is 14.5. The van der Waals surface area contributed by atoms with E-state index in [0.29, 0.717) is 22.5 Å². The number of hydrogen-bond donors (Lipinski definition) is 1. The second-order valence-corrected chi connectivity index (χ2v) is 8.40. The average molecular weight is 376 g/mol. The standard InChI is InChI=1S/C18H21N3O2S2/c1-4-11(2)9-13-12(3)25-18-16(13)17(22)19-14(20-18)10-24-15-7-5-6-8-21(15)23/h5-8,11H,4,9-10H2,1-3H3,(H,19,20,22)/t11-/m0/s1. The molecule has 0 amide bonds. The number of nitrogens with one attached hydrogen (secondary N) is 1. The number of aromatic nitrogens is 3. The lowest BCUT2D eigenvalue weighted by Gasteiger charge is -2.08. The molecular weight excluding hydrogens is 354 g/mol. The van der Waals surface area contributed by atoms with Crippen molar-refractivity contribution in [3.8, 4) is 0 Å². The fourth-order valence-corrected chi connectivity index (χ4v) is 4.55. The molecule has 0 bridgehead atoms. The van der Waals surface area contributed by atoms with Crippen molar-refractivity contribution in [3.63, 3.8) is 0 Å². The highest BCUT2D eigenvalue weighted by molar-refractivity contribution is 7.98. The Hall–Kier alpha value is -1.86. The predicted octanol–water partition coefficient (Wildman–Crippen LogP) is 3.81. The van der Waals surface area contributed by atoms with Crippen LogP contribution in [-0.4, -0.2) is 9.97 Å². The average Bonchev–Trinajstić information content (AvgIpc) is 2.90. The van der Waals surface area contributed by atoms with E-state index < -0.39 is 0 Å². The van der Waals surface area contributed by atoms with E-state index in [1.165, 1.54) is 22.8 Å². The summed E-state index contributed by atoms with van der Waals surface area (Å²) in [5.74, 6) is 1.59. The molecule has 0 aliphatic carbocycles. The lowest BCUT2D eigenvalue weighted by molar-refractivity contribution is -0.645. The van der Waals surface area contributed by atoms with Crippen LogP contribution in [0.2, 0.25) is 0 Å². The van der Waals surface area contributed by atoms with Gasteiger partial charge in [-0.2, -0.15) is 4.73 Å². The number of hydrogen-bond acceptors (Lipinski definition) is 5. The van der Waals surface area contributed by atoms with Crippen molar-refractivity contribution in [2.24, 2.45) is 5.92 Å². The third kappa shape index (κ3) is 3.88. The molecule has 0 aliphatic heterocycles. The van der Waals surface area contributed by atoms with Crippen LogP contribution < -0.4 is 10.3 Å². The minimum atomic E-state index is -0.0775. The van der Waals surface area contributed by atoms with Gasteiger partial charge in [0, 0.05) is 17.0 Å². The first-order valence-electron chi connectivity index (χ1n) is 8.31. The van der Waals surface area contributed by atoms with Gasteiger partial charge in [0.15, 0.2) is 6.20 Å². The van der Waals surface area contributed by atoms with Crippen molar-refractivity contribution < 1.29 is 4.73 Å². The zero-order chi connectivity index (χ0) is 18.0. The van der Waals surface area contributed by atoms with Crippen LogP contribution >= 0.6 is 23.1 Å². The highest BCUT2D eigenvalue weighted by Gasteiger charge is 2.17. The number of thioether (sulfide) groups is 1. The first-order valence-corrected chi connectivity index (χ1v) is 10.1. The molecule has 3 aromatic heterocycles. The van der Waals surface area contributed by atoms with Crippen LogP contribution in [0.15, 0.2) is 34.2 Å². The van der Waals surface area contributed by atoms with Crippen LogP contribution in [0.3, 0.4) is 0 Å². The molecule has 1 N–H and O–H groups in total. The van der Waals surface area contributed by atoms with Crippen molar-refractivity contribution in [2.45, 2.75) is 44.4 Å². The van der Waals surface area contributed by atoms with Crippen molar-refractivity contribution in [1.82, 2.24) is 9.97 Å². The Morgan fingerprint density at radius 2 is 2.24 bits per heavy atom. The Morgan fingerprint density at radius 3 is 2.96 bits per heavy atom. The second-order valence-electron chi connectivity index (χ2n) is 6.20. The van der Waals surface area contributed by atoms with Gasteiger partial charge in [-0.3, -0.25) is 4.79 Å². The molecule has 0 fully saturated rings. The fourth-order valence-electron chi connectivity index (χ4n) is 2.69. The Bertz CT molecular complexity index is 949. The Labute approximate surface area is 154 Å². The van der Waals surface area contributed by atoms with Crippen LogP contribution in [-0.2, 0) is 12.2 Å². The molecule has 132 valence electrons. The monoisotopic (exact) mass is 375 g/mol. The summed E-state index contributed by atoms with van der Waals surface area (Å²) in [5.41, 5.74) is 1.05.